The highest BCUT2D eigenvalue weighted by atomic mass is 32.2. The lowest BCUT2D eigenvalue weighted by atomic mass is 9.96. The Balaban J connectivity index is 1.39. The van der Waals surface area contributed by atoms with Crippen LogP contribution in [0.3, 0.4) is 0 Å². The molecule has 2 aliphatic heterocycles. The first-order valence-corrected chi connectivity index (χ1v) is 17.9. The Labute approximate surface area is 271 Å². The number of nitrogens with one attached hydrogen (secondary N) is 2. The summed E-state index contributed by atoms with van der Waals surface area (Å²) in [5.41, 5.74) is 0.482. The predicted octanol–water partition coefficient (Wildman–Crippen LogP) is 3.39. The fourth-order valence-electron chi connectivity index (χ4n) is 6.29. The van der Waals surface area contributed by atoms with Crippen molar-refractivity contribution in [2.24, 2.45) is 11.8 Å². The Morgan fingerprint density at radius 3 is 2.74 bits per heavy atom. The molecule has 2 aliphatic carbocycles. The minimum absolute atomic E-state index is 0.0977. The van der Waals surface area contributed by atoms with Crippen LogP contribution in [0.1, 0.15) is 82.3 Å². The van der Waals surface area contributed by atoms with E-state index < -0.39 is 62.6 Å². The van der Waals surface area contributed by atoms with Gasteiger partial charge in [0.05, 0.1) is 31.0 Å². The summed E-state index contributed by atoms with van der Waals surface area (Å²) in [4.78, 5) is 55.7. The third-order valence-electron chi connectivity index (χ3n) is 9.29. The molecule has 11 nitrogen and oxygen atoms in total. The SMILES string of the molecule is C=C[C@@H]1C[C@]1(NC(=O)[C@@H]1C[C@@H]2CN1C(=O)[C@H](CCCC)CC(=O)OCCC/C=C/c1cccc(c1)CO2)C(=O)NS(=O)(=O)C1CC1. The van der Waals surface area contributed by atoms with Crippen LogP contribution in [0.2, 0.25) is 0 Å². The lowest BCUT2D eigenvalue weighted by molar-refractivity contribution is -0.150. The molecule has 0 radical (unpaired) electrons. The number of allylic oxidation sites excluding steroid dienone is 1. The third kappa shape index (κ3) is 8.06. The van der Waals surface area contributed by atoms with Gasteiger partial charge in [-0.05, 0) is 55.7 Å². The number of rotatable bonds is 9. The lowest BCUT2D eigenvalue weighted by Gasteiger charge is -2.29. The van der Waals surface area contributed by atoms with E-state index in [4.69, 9.17) is 9.47 Å². The molecule has 2 N–H and O–H groups in total. The molecule has 1 aromatic rings. The van der Waals surface area contributed by atoms with E-state index in [9.17, 15) is 27.6 Å². The van der Waals surface area contributed by atoms with E-state index in [1.165, 1.54) is 11.0 Å². The van der Waals surface area contributed by atoms with Crippen LogP contribution in [0.4, 0.5) is 0 Å². The van der Waals surface area contributed by atoms with E-state index in [-0.39, 0.29) is 44.9 Å². The Hall–Kier alpha value is -3.51. The summed E-state index contributed by atoms with van der Waals surface area (Å²) in [6.07, 6.45) is 9.74. The van der Waals surface area contributed by atoms with E-state index in [1.54, 1.807) is 0 Å². The summed E-state index contributed by atoms with van der Waals surface area (Å²) in [5.74, 6) is -3.30. The smallest absolute Gasteiger partial charge is 0.306 e. The van der Waals surface area contributed by atoms with Crippen molar-refractivity contribution in [3.63, 3.8) is 0 Å². The number of unbranched alkanes of at least 4 members (excludes halogenated alkanes) is 1. The number of carbonyl (C=O) groups is 4. The highest BCUT2D eigenvalue weighted by Gasteiger charge is 2.62. The van der Waals surface area contributed by atoms with Crippen LogP contribution in [0.5, 0.6) is 0 Å². The van der Waals surface area contributed by atoms with Gasteiger partial charge in [-0.15, -0.1) is 6.58 Å². The number of nitrogens with zero attached hydrogens (tertiary/aromatic N) is 1. The molecular formula is C34H45N3O8S. The average Bonchev–Trinajstić information content (AvgIpc) is 3.96. The number of cyclic esters (lactones) is 1. The van der Waals surface area contributed by atoms with E-state index in [2.05, 4.69) is 16.6 Å². The molecule has 2 saturated carbocycles. The van der Waals surface area contributed by atoms with Gasteiger partial charge in [0.2, 0.25) is 21.8 Å². The molecule has 3 fully saturated rings. The highest BCUT2D eigenvalue weighted by molar-refractivity contribution is 7.91. The second-order valence-corrected chi connectivity index (χ2v) is 14.9. The first-order valence-electron chi connectivity index (χ1n) is 16.4. The molecule has 12 heteroatoms. The van der Waals surface area contributed by atoms with Crippen LogP contribution in [-0.4, -0.2) is 73.1 Å². The van der Waals surface area contributed by atoms with Crippen molar-refractivity contribution in [2.75, 3.05) is 13.2 Å². The van der Waals surface area contributed by atoms with E-state index in [1.807, 2.05) is 43.3 Å². The van der Waals surface area contributed by atoms with Crippen LogP contribution in [-0.2, 0) is 45.3 Å². The predicted molar refractivity (Wildman–Crippen MR) is 171 cm³/mol. The number of ether oxygens (including phenoxy) is 2. The Bertz CT molecular complexity index is 1470. The topological polar surface area (TPSA) is 148 Å². The molecule has 4 aliphatic rings. The van der Waals surface area contributed by atoms with Gasteiger partial charge in [-0.3, -0.25) is 23.9 Å². The molecular weight excluding hydrogens is 610 g/mol. The third-order valence-corrected chi connectivity index (χ3v) is 11.1. The second kappa shape index (κ2) is 14.5. The zero-order valence-corrected chi connectivity index (χ0v) is 27.3. The van der Waals surface area contributed by atoms with Crippen LogP contribution < -0.4 is 10.0 Å². The fourth-order valence-corrected chi connectivity index (χ4v) is 7.66. The molecule has 0 aromatic heterocycles. The molecule has 1 aromatic carbocycles. The standard InChI is InChI=1S/C34H45N3O8S/c1-3-5-13-25-18-30(38)44-16-8-6-7-10-23-11-9-12-24(17-23)22-45-27-19-29(37(21-27)32(25)40)31(39)35-34(20-26(34)4-2)33(41)36-46(42,43)28-14-15-28/h4,7,9-12,17,25-29H,2-3,5-6,8,13-16,18-22H2,1H3,(H,35,39)(H,36,41)/b10-7+/t25-,26-,27-,29+,34-/m1/s1. The van der Waals surface area contributed by atoms with Crippen molar-refractivity contribution in [2.45, 2.75) is 101 Å². The molecule has 3 amide bonds. The van der Waals surface area contributed by atoms with Crippen LogP contribution >= 0.6 is 0 Å². The molecule has 2 heterocycles. The number of sulfonamides is 1. The zero-order valence-electron chi connectivity index (χ0n) is 26.4. The summed E-state index contributed by atoms with van der Waals surface area (Å²) in [7, 11) is -3.84. The van der Waals surface area contributed by atoms with Crippen molar-refractivity contribution in [1.82, 2.24) is 14.9 Å². The fraction of sp³-hybridized carbons (Fsp3) is 0.588. The highest BCUT2D eigenvalue weighted by Crippen LogP contribution is 2.45. The van der Waals surface area contributed by atoms with Crippen molar-refractivity contribution in [3.05, 3.63) is 54.1 Å². The Morgan fingerprint density at radius 2 is 2.02 bits per heavy atom. The molecule has 5 rings (SSSR count). The molecule has 5 atom stereocenters. The number of carbonyl (C=O) groups excluding carboxylic acids is 4. The number of amides is 3. The largest absolute Gasteiger partial charge is 0.466 e. The van der Waals surface area contributed by atoms with Gasteiger partial charge >= 0.3 is 5.97 Å². The first kappa shape index (κ1) is 33.8. The lowest BCUT2D eigenvalue weighted by Crippen LogP contribution is -2.57. The van der Waals surface area contributed by atoms with Gasteiger partial charge in [0.15, 0.2) is 0 Å². The maximum Gasteiger partial charge on any atom is 0.306 e. The monoisotopic (exact) mass is 655 g/mol. The maximum atomic E-state index is 14.1. The number of hydrogen-bond acceptors (Lipinski definition) is 8. The normalized spacial score (nSPS) is 29.5. The molecule has 46 heavy (non-hydrogen) atoms. The minimum atomic E-state index is -3.84. The Kier molecular flexibility index (Phi) is 10.7. The van der Waals surface area contributed by atoms with Crippen molar-refractivity contribution in [1.29, 1.82) is 0 Å². The van der Waals surface area contributed by atoms with E-state index >= 15 is 0 Å². The average molecular weight is 656 g/mol. The van der Waals surface area contributed by atoms with E-state index in [0.717, 1.165) is 30.4 Å². The van der Waals surface area contributed by atoms with Crippen LogP contribution in [0.15, 0.2) is 43.0 Å². The van der Waals surface area contributed by atoms with Gasteiger partial charge in [0.1, 0.15) is 11.6 Å². The van der Waals surface area contributed by atoms with Crippen molar-refractivity contribution < 1.29 is 37.1 Å². The number of hydrogen-bond donors (Lipinski definition) is 2. The summed E-state index contributed by atoms with van der Waals surface area (Å²) >= 11 is 0. The van der Waals surface area contributed by atoms with Gasteiger partial charge in [0, 0.05) is 24.8 Å². The first-order chi connectivity index (χ1) is 22.1. The van der Waals surface area contributed by atoms with Crippen molar-refractivity contribution in [3.8, 4) is 0 Å². The van der Waals surface area contributed by atoms with E-state index in [0.29, 0.717) is 25.7 Å². The number of fused-ring (bicyclic) bond motifs is 4. The summed E-state index contributed by atoms with van der Waals surface area (Å²) < 4.78 is 39.0. The van der Waals surface area contributed by atoms with Gasteiger partial charge in [0.25, 0.3) is 5.91 Å². The van der Waals surface area contributed by atoms with Gasteiger partial charge in [-0.1, -0.05) is 56.2 Å². The summed E-state index contributed by atoms with van der Waals surface area (Å²) in [5, 5.41) is 2.20. The van der Waals surface area contributed by atoms with Crippen molar-refractivity contribution >= 4 is 39.8 Å². The molecule has 0 unspecified atom stereocenters. The zero-order chi connectivity index (χ0) is 32.9. The number of esters is 1. The quantitative estimate of drug-likeness (QED) is 0.304. The van der Waals surface area contributed by atoms with Gasteiger partial charge in [-0.25, -0.2) is 8.42 Å². The van der Waals surface area contributed by atoms with Gasteiger partial charge < -0.3 is 19.7 Å². The Morgan fingerprint density at radius 1 is 1.22 bits per heavy atom. The second-order valence-electron chi connectivity index (χ2n) is 12.9. The van der Waals surface area contributed by atoms with Crippen LogP contribution in [0, 0.1) is 11.8 Å². The summed E-state index contributed by atoms with van der Waals surface area (Å²) in [6, 6.07) is 6.92. The molecule has 0 spiro atoms. The molecule has 4 bridgehead atoms. The van der Waals surface area contributed by atoms with Gasteiger partial charge in [-0.2, -0.15) is 0 Å². The number of benzene rings is 1. The van der Waals surface area contributed by atoms with Crippen LogP contribution in [0.25, 0.3) is 6.08 Å². The maximum absolute atomic E-state index is 14.1. The molecule has 250 valence electrons. The summed E-state index contributed by atoms with van der Waals surface area (Å²) in [6.45, 7) is 6.42. The minimum Gasteiger partial charge on any atom is -0.466 e. The molecule has 1 saturated heterocycles.